The second-order valence-electron chi connectivity index (χ2n) is 4.62. The maximum Gasteiger partial charge on any atom is 0.0784 e. The summed E-state index contributed by atoms with van der Waals surface area (Å²) in [5, 5.41) is 13.9. The van der Waals surface area contributed by atoms with Crippen molar-refractivity contribution < 1.29 is 5.11 Å². The van der Waals surface area contributed by atoms with Crippen LogP contribution >= 0.6 is 0 Å². The van der Waals surface area contributed by atoms with E-state index < -0.39 is 0 Å². The normalized spacial score (nSPS) is 14.5. The molecule has 0 aromatic carbocycles. The van der Waals surface area contributed by atoms with Crippen LogP contribution in [0.25, 0.3) is 0 Å². The first-order chi connectivity index (χ1) is 5.89. The van der Waals surface area contributed by atoms with E-state index in [0.29, 0.717) is 6.54 Å². The van der Waals surface area contributed by atoms with Gasteiger partial charge < -0.3 is 5.11 Å². The molecule has 0 amide bonds. The highest BCUT2D eigenvalue weighted by Gasteiger charge is 2.22. The number of hydrogen-bond acceptors (Lipinski definition) is 2. The van der Waals surface area contributed by atoms with E-state index in [4.69, 9.17) is 0 Å². The molecule has 0 aliphatic heterocycles. The van der Waals surface area contributed by atoms with Gasteiger partial charge in [-0.15, -0.1) is 0 Å². The third kappa shape index (κ3) is 2.84. The summed E-state index contributed by atoms with van der Waals surface area (Å²) < 4.78 is 1.78. The summed E-state index contributed by atoms with van der Waals surface area (Å²) >= 11 is 0. The molecular formula is C10H18N2O. The van der Waals surface area contributed by atoms with E-state index in [2.05, 4.69) is 5.10 Å². The predicted octanol–water partition coefficient (Wildman–Crippen LogP) is 1.60. The van der Waals surface area contributed by atoms with Gasteiger partial charge in [0.05, 0.1) is 18.8 Å². The van der Waals surface area contributed by atoms with Crippen molar-refractivity contribution in [2.24, 2.45) is 5.41 Å². The van der Waals surface area contributed by atoms with E-state index in [0.717, 1.165) is 5.56 Å². The van der Waals surface area contributed by atoms with Crippen molar-refractivity contribution in [3.8, 4) is 0 Å². The Morgan fingerprint density at radius 3 is 2.54 bits per heavy atom. The van der Waals surface area contributed by atoms with Crippen molar-refractivity contribution in [3.05, 3.63) is 18.0 Å². The average Bonchev–Trinajstić information content (AvgIpc) is 2.33. The van der Waals surface area contributed by atoms with Crippen LogP contribution in [-0.2, 0) is 6.54 Å². The van der Waals surface area contributed by atoms with Gasteiger partial charge in [-0.1, -0.05) is 20.8 Å². The molecule has 1 atom stereocenters. The lowest BCUT2D eigenvalue weighted by molar-refractivity contribution is 0.0450. The third-order valence-electron chi connectivity index (χ3n) is 2.12. The van der Waals surface area contributed by atoms with Gasteiger partial charge in [-0.05, 0) is 17.9 Å². The van der Waals surface area contributed by atoms with E-state index in [1.54, 1.807) is 10.9 Å². The molecule has 13 heavy (non-hydrogen) atoms. The zero-order valence-corrected chi connectivity index (χ0v) is 8.78. The molecule has 1 rings (SSSR count). The molecule has 0 saturated heterocycles. The van der Waals surface area contributed by atoms with E-state index in [-0.39, 0.29) is 11.5 Å². The largest absolute Gasteiger partial charge is 0.391 e. The summed E-state index contributed by atoms with van der Waals surface area (Å²) in [7, 11) is 0. The molecule has 0 aliphatic rings. The number of aromatic nitrogens is 2. The van der Waals surface area contributed by atoms with Gasteiger partial charge in [-0.2, -0.15) is 5.10 Å². The van der Waals surface area contributed by atoms with Gasteiger partial charge >= 0.3 is 0 Å². The molecule has 0 bridgehead atoms. The number of rotatable bonds is 2. The quantitative estimate of drug-likeness (QED) is 0.754. The lowest BCUT2D eigenvalue weighted by atomic mass is 9.89. The minimum Gasteiger partial charge on any atom is -0.391 e. The molecule has 0 fully saturated rings. The first-order valence-electron chi connectivity index (χ1n) is 4.57. The van der Waals surface area contributed by atoms with Crippen LogP contribution in [0.4, 0.5) is 0 Å². The maximum absolute atomic E-state index is 9.79. The maximum atomic E-state index is 9.79. The van der Waals surface area contributed by atoms with Gasteiger partial charge in [0.2, 0.25) is 0 Å². The fourth-order valence-electron chi connectivity index (χ4n) is 1.02. The van der Waals surface area contributed by atoms with Crippen molar-refractivity contribution in [2.45, 2.75) is 40.3 Å². The van der Waals surface area contributed by atoms with Gasteiger partial charge in [0, 0.05) is 6.20 Å². The fraction of sp³-hybridized carbons (Fsp3) is 0.700. The topological polar surface area (TPSA) is 38.0 Å². The Balaban J connectivity index is 2.60. The Morgan fingerprint density at radius 2 is 2.15 bits per heavy atom. The molecule has 0 radical (unpaired) electrons. The van der Waals surface area contributed by atoms with Crippen molar-refractivity contribution >= 4 is 0 Å². The molecule has 74 valence electrons. The summed E-state index contributed by atoms with van der Waals surface area (Å²) in [5.74, 6) is 0. The molecular weight excluding hydrogens is 164 g/mol. The van der Waals surface area contributed by atoms with Gasteiger partial charge in [0.1, 0.15) is 0 Å². The molecule has 1 N–H and O–H groups in total. The minimum atomic E-state index is -0.355. The monoisotopic (exact) mass is 182 g/mol. The van der Waals surface area contributed by atoms with Crippen LogP contribution < -0.4 is 0 Å². The highest BCUT2D eigenvalue weighted by atomic mass is 16.3. The number of hydrogen-bond donors (Lipinski definition) is 1. The van der Waals surface area contributed by atoms with Crippen LogP contribution in [0.15, 0.2) is 12.4 Å². The van der Waals surface area contributed by atoms with Crippen molar-refractivity contribution in [2.75, 3.05) is 0 Å². The first kappa shape index (κ1) is 10.3. The Labute approximate surface area is 79.4 Å². The third-order valence-corrected chi connectivity index (χ3v) is 2.12. The SMILES string of the molecule is Cc1cnn(CC(O)C(C)(C)C)c1. The van der Waals surface area contributed by atoms with Crippen LogP contribution in [-0.4, -0.2) is 21.0 Å². The second kappa shape index (κ2) is 3.50. The molecule has 1 heterocycles. The van der Waals surface area contributed by atoms with Crippen LogP contribution in [0.5, 0.6) is 0 Å². The summed E-state index contributed by atoms with van der Waals surface area (Å²) in [6, 6.07) is 0. The van der Waals surface area contributed by atoms with Crippen LogP contribution in [0.2, 0.25) is 0 Å². The van der Waals surface area contributed by atoms with E-state index in [1.807, 2.05) is 33.9 Å². The zero-order valence-electron chi connectivity index (χ0n) is 8.78. The highest BCUT2D eigenvalue weighted by molar-refractivity contribution is 4.99. The van der Waals surface area contributed by atoms with Crippen LogP contribution in [0, 0.1) is 12.3 Å². The van der Waals surface area contributed by atoms with Gasteiger partial charge in [-0.25, -0.2) is 0 Å². The van der Waals surface area contributed by atoms with Crippen molar-refractivity contribution in [1.82, 2.24) is 9.78 Å². The van der Waals surface area contributed by atoms with Gasteiger partial charge in [0.15, 0.2) is 0 Å². The smallest absolute Gasteiger partial charge is 0.0784 e. The number of nitrogens with zero attached hydrogens (tertiary/aromatic N) is 2. The molecule has 3 nitrogen and oxygen atoms in total. The lowest BCUT2D eigenvalue weighted by Crippen LogP contribution is -2.30. The number of aryl methyl sites for hydroxylation is 1. The fourth-order valence-corrected chi connectivity index (χ4v) is 1.02. The Bertz CT molecular complexity index is 273. The minimum absolute atomic E-state index is 0.0835. The molecule has 1 aromatic rings. The molecule has 0 aliphatic carbocycles. The highest BCUT2D eigenvalue weighted by Crippen LogP contribution is 2.20. The molecule has 1 unspecified atom stereocenters. The first-order valence-corrected chi connectivity index (χ1v) is 4.57. The molecule has 3 heteroatoms. The number of aliphatic hydroxyl groups is 1. The van der Waals surface area contributed by atoms with E-state index in [9.17, 15) is 5.11 Å². The zero-order chi connectivity index (χ0) is 10.1. The van der Waals surface area contributed by atoms with E-state index in [1.165, 1.54) is 0 Å². The summed E-state index contributed by atoms with van der Waals surface area (Å²) in [5.41, 5.74) is 1.04. The Kier molecular flexibility index (Phi) is 2.76. The Hall–Kier alpha value is -0.830. The number of aliphatic hydroxyl groups excluding tert-OH is 1. The van der Waals surface area contributed by atoms with E-state index >= 15 is 0 Å². The van der Waals surface area contributed by atoms with Crippen molar-refractivity contribution in [3.63, 3.8) is 0 Å². The average molecular weight is 182 g/mol. The van der Waals surface area contributed by atoms with Crippen LogP contribution in [0.3, 0.4) is 0 Å². The van der Waals surface area contributed by atoms with Gasteiger partial charge in [0.25, 0.3) is 0 Å². The summed E-state index contributed by atoms with van der Waals surface area (Å²) in [6.45, 7) is 8.63. The Morgan fingerprint density at radius 1 is 1.54 bits per heavy atom. The standard InChI is InChI=1S/C10H18N2O/c1-8-5-11-12(6-8)7-9(13)10(2,3)4/h5-6,9,13H,7H2,1-4H3. The summed E-state index contributed by atoms with van der Waals surface area (Å²) in [4.78, 5) is 0. The molecule has 0 spiro atoms. The second-order valence-corrected chi connectivity index (χ2v) is 4.62. The van der Waals surface area contributed by atoms with Crippen molar-refractivity contribution in [1.29, 1.82) is 0 Å². The molecule has 1 aromatic heterocycles. The predicted molar refractivity (Wildman–Crippen MR) is 52.4 cm³/mol. The molecule has 0 saturated carbocycles. The van der Waals surface area contributed by atoms with Gasteiger partial charge in [-0.3, -0.25) is 4.68 Å². The summed E-state index contributed by atoms with van der Waals surface area (Å²) in [6.07, 6.45) is 3.39. The lowest BCUT2D eigenvalue weighted by Gasteiger charge is -2.25. The van der Waals surface area contributed by atoms with Crippen LogP contribution in [0.1, 0.15) is 26.3 Å².